The van der Waals surface area contributed by atoms with Crippen molar-refractivity contribution in [3.05, 3.63) is 72.2 Å². The van der Waals surface area contributed by atoms with Crippen molar-refractivity contribution >= 4 is 16.7 Å². The van der Waals surface area contributed by atoms with Crippen molar-refractivity contribution in [1.29, 1.82) is 0 Å². The van der Waals surface area contributed by atoms with E-state index in [-0.39, 0.29) is 12.0 Å². The van der Waals surface area contributed by atoms with Gasteiger partial charge in [0.15, 0.2) is 0 Å². The van der Waals surface area contributed by atoms with E-state index in [0.717, 1.165) is 42.9 Å². The van der Waals surface area contributed by atoms with E-state index in [1.54, 1.807) is 6.92 Å². The number of rotatable bonds is 9. The van der Waals surface area contributed by atoms with Crippen LogP contribution in [0.4, 0.5) is 0 Å². The topological polar surface area (TPSA) is 52.1 Å². The fourth-order valence-electron chi connectivity index (χ4n) is 3.68. The molecule has 2 aromatic heterocycles. The van der Waals surface area contributed by atoms with Crippen LogP contribution in [-0.4, -0.2) is 22.4 Å². The number of carbonyl (C=O) groups excluding carboxylic acids is 1. The second-order valence-electron chi connectivity index (χ2n) is 8.50. The van der Waals surface area contributed by atoms with Crippen molar-refractivity contribution in [2.75, 3.05) is 6.61 Å². The van der Waals surface area contributed by atoms with Crippen LogP contribution in [0.1, 0.15) is 76.0 Å². The van der Waals surface area contributed by atoms with Gasteiger partial charge in [-0.3, -0.25) is 9.97 Å². The fraction of sp³-hybridized carbons (Fsp3) is 0.444. The summed E-state index contributed by atoms with van der Waals surface area (Å²) >= 11 is 0. The molecule has 0 bridgehead atoms. The lowest BCUT2D eigenvalue weighted by molar-refractivity contribution is -0.117. The molecule has 2 heterocycles. The number of fused-ring (bicyclic) bond motifs is 1. The van der Waals surface area contributed by atoms with Crippen molar-refractivity contribution in [2.24, 2.45) is 5.92 Å². The zero-order valence-corrected chi connectivity index (χ0v) is 19.0. The quantitative estimate of drug-likeness (QED) is 0.389. The Kier molecular flexibility index (Phi) is 8.72. The Morgan fingerprint density at radius 2 is 1.90 bits per heavy atom. The van der Waals surface area contributed by atoms with Crippen LogP contribution in [0.15, 0.2) is 61.1 Å². The summed E-state index contributed by atoms with van der Waals surface area (Å²) in [6.45, 7) is 6.79. The molecular weight excluding hydrogens is 384 g/mol. The molecule has 4 heteroatoms. The van der Waals surface area contributed by atoms with E-state index in [4.69, 9.17) is 4.74 Å². The predicted molar refractivity (Wildman–Crippen MR) is 126 cm³/mol. The molecule has 0 spiro atoms. The molecule has 0 radical (unpaired) electrons. The van der Waals surface area contributed by atoms with Gasteiger partial charge in [0.1, 0.15) is 5.78 Å². The lowest BCUT2D eigenvalue weighted by Crippen LogP contribution is -2.15. The van der Waals surface area contributed by atoms with Crippen LogP contribution in [0.2, 0.25) is 0 Å². The SMILES string of the molecule is CC(c1cccc2cccnc12)C(OCC1CC1)c1cccnc1.CCCCC(C)=O. The third-order valence-electron chi connectivity index (χ3n) is 5.71. The van der Waals surface area contributed by atoms with E-state index >= 15 is 0 Å². The van der Waals surface area contributed by atoms with E-state index in [2.05, 4.69) is 54.1 Å². The maximum Gasteiger partial charge on any atom is 0.129 e. The van der Waals surface area contributed by atoms with Crippen LogP contribution in [-0.2, 0) is 9.53 Å². The molecule has 31 heavy (non-hydrogen) atoms. The Morgan fingerprint density at radius 1 is 1.13 bits per heavy atom. The van der Waals surface area contributed by atoms with Gasteiger partial charge in [-0.1, -0.05) is 50.6 Å². The number of para-hydroxylation sites is 1. The molecule has 2 atom stereocenters. The lowest BCUT2D eigenvalue weighted by Gasteiger charge is -2.26. The number of pyridine rings is 2. The minimum absolute atomic E-state index is 0.00639. The molecule has 1 aliphatic carbocycles. The first-order valence-electron chi connectivity index (χ1n) is 11.4. The highest BCUT2D eigenvalue weighted by Crippen LogP contribution is 2.38. The van der Waals surface area contributed by atoms with Gasteiger partial charge in [-0.15, -0.1) is 0 Å². The van der Waals surface area contributed by atoms with Gasteiger partial charge in [-0.25, -0.2) is 0 Å². The highest BCUT2D eigenvalue weighted by Gasteiger charge is 2.28. The fourth-order valence-corrected chi connectivity index (χ4v) is 3.68. The van der Waals surface area contributed by atoms with Gasteiger partial charge in [-0.2, -0.15) is 0 Å². The second-order valence-corrected chi connectivity index (χ2v) is 8.50. The number of hydrogen-bond donors (Lipinski definition) is 0. The Morgan fingerprint density at radius 3 is 2.55 bits per heavy atom. The number of unbranched alkanes of at least 4 members (excludes halogenated alkanes) is 1. The van der Waals surface area contributed by atoms with E-state index in [0.29, 0.717) is 5.78 Å². The van der Waals surface area contributed by atoms with Gasteiger partial charge in [0, 0.05) is 36.3 Å². The van der Waals surface area contributed by atoms with Gasteiger partial charge in [0.05, 0.1) is 18.2 Å². The van der Waals surface area contributed by atoms with Crippen LogP contribution in [0.5, 0.6) is 0 Å². The first-order valence-corrected chi connectivity index (χ1v) is 11.4. The van der Waals surface area contributed by atoms with E-state index in [1.165, 1.54) is 23.8 Å². The van der Waals surface area contributed by atoms with E-state index < -0.39 is 0 Å². The summed E-state index contributed by atoms with van der Waals surface area (Å²) in [5.74, 6) is 1.26. The number of aromatic nitrogens is 2. The van der Waals surface area contributed by atoms with Gasteiger partial charge in [0.25, 0.3) is 0 Å². The van der Waals surface area contributed by atoms with E-state index in [9.17, 15) is 4.79 Å². The molecule has 0 amide bonds. The van der Waals surface area contributed by atoms with Crippen LogP contribution in [0.3, 0.4) is 0 Å². The molecule has 164 valence electrons. The number of benzene rings is 1. The summed E-state index contributed by atoms with van der Waals surface area (Å²) in [6, 6.07) is 14.6. The zero-order valence-electron chi connectivity index (χ0n) is 19.0. The number of hydrogen-bond acceptors (Lipinski definition) is 4. The Hall–Kier alpha value is -2.59. The molecular formula is C27H34N2O2. The Balaban J connectivity index is 0.000000339. The molecule has 1 fully saturated rings. The highest BCUT2D eigenvalue weighted by molar-refractivity contribution is 5.82. The zero-order chi connectivity index (χ0) is 22.1. The largest absolute Gasteiger partial charge is 0.373 e. The maximum atomic E-state index is 10.2. The third kappa shape index (κ3) is 6.96. The summed E-state index contributed by atoms with van der Waals surface area (Å²) in [7, 11) is 0. The Labute approximate surface area is 186 Å². The van der Waals surface area contributed by atoms with Crippen LogP contribution in [0.25, 0.3) is 10.9 Å². The first-order chi connectivity index (χ1) is 15.1. The first kappa shape index (κ1) is 23.1. The number of carbonyl (C=O) groups is 1. The Bertz CT molecular complexity index is 948. The molecule has 0 N–H and O–H groups in total. The molecule has 0 aliphatic heterocycles. The van der Waals surface area contributed by atoms with Gasteiger partial charge < -0.3 is 9.53 Å². The number of ketones is 1. The minimum atomic E-state index is 0.00639. The standard InChI is InChI=1S/C21H22N2O.C6H12O/c1-15(19-8-2-5-17-6-4-12-23-20(17)19)21(24-14-16-9-10-16)18-7-3-11-22-13-18;1-3-4-5-6(2)7/h2-8,11-13,15-16,21H,9-10,14H2,1H3;3-5H2,1-2H3. The minimum Gasteiger partial charge on any atom is -0.373 e. The molecule has 2 unspecified atom stereocenters. The molecule has 4 rings (SSSR count). The van der Waals surface area contributed by atoms with Crippen molar-refractivity contribution < 1.29 is 9.53 Å². The maximum absolute atomic E-state index is 10.2. The van der Waals surface area contributed by atoms with Crippen molar-refractivity contribution in [2.45, 2.75) is 64.9 Å². The molecule has 0 saturated heterocycles. The number of Topliss-reactive ketones (excluding diaryl/α,β-unsaturated/α-hetero) is 1. The molecule has 3 aromatic rings. The van der Waals surface area contributed by atoms with Gasteiger partial charge in [-0.05, 0) is 55.4 Å². The van der Waals surface area contributed by atoms with Crippen molar-refractivity contribution in [1.82, 2.24) is 9.97 Å². The third-order valence-corrected chi connectivity index (χ3v) is 5.71. The van der Waals surface area contributed by atoms with Crippen LogP contribution >= 0.6 is 0 Å². The molecule has 1 aliphatic rings. The monoisotopic (exact) mass is 418 g/mol. The summed E-state index contributed by atoms with van der Waals surface area (Å²) in [6.07, 6.45) is 11.1. The predicted octanol–water partition coefficient (Wildman–Crippen LogP) is 6.67. The highest BCUT2D eigenvalue weighted by atomic mass is 16.5. The van der Waals surface area contributed by atoms with Crippen LogP contribution in [0, 0.1) is 5.92 Å². The molecule has 1 aromatic carbocycles. The lowest BCUT2D eigenvalue weighted by atomic mass is 9.89. The van der Waals surface area contributed by atoms with Gasteiger partial charge in [0.2, 0.25) is 0 Å². The van der Waals surface area contributed by atoms with Crippen molar-refractivity contribution in [3.63, 3.8) is 0 Å². The second kappa shape index (κ2) is 11.7. The average Bonchev–Trinajstić information content (AvgIpc) is 3.63. The summed E-state index contributed by atoms with van der Waals surface area (Å²) in [4.78, 5) is 19.1. The summed E-state index contributed by atoms with van der Waals surface area (Å²) in [5, 5.41) is 1.17. The van der Waals surface area contributed by atoms with Gasteiger partial charge >= 0.3 is 0 Å². The summed E-state index contributed by atoms with van der Waals surface area (Å²) < 4.78 is 6.35. The average molecular weight is 419 g/mol. The van der Waals surface area contributed by atoms with E-state index in [1.807, 2.05) is 30.7 Å². The van der Waals surface area contributed by atoms with Crippen molar-refractivity contribution in [3.8, 4) is 0 Å². The molecule has 4 nitrogen and oxygen atoms in total. The smallest absolute Gasteiger partial charge is 0.129 e. The van der Waals surface area contributed by atoms with Crippen LogP contribution < -0.4 is 0 Å². The summed E-state index contributed by atoms with van der Waals surface area (Å²) in [5.41, 5.74) is 3.44. The number of nitrogens with zero attached hydrogens (tertiary/aromatic N) is 2. The number of ether oxygens (including phenoxy) is 1. The molecule has 1 saturated carbocycles. The normalized spacial score (nSPS) is 15.1.